The van der Waals surface area contributed by atoms with Gasteiger partial charge in [-0.2, -0.15) is 0 Å². The van der Waals surface area contributed by atoms with Crippen molar-refractivity contribution in [3.63, 3.8) is 0 Å². The second-order valence-corrected chi connectivity index (χ2v) is 5.01. The van der Waals surface area contributed by atoms with Gasteiger partial charge in [0.2, 0.25) is 0 Å². The van der Waals surface area contributed by atoms with E-state index in [0.717, 1.165) is 19.6 Å². The van der Waals surface area contributed by atoms with Crippen LogP contribution in [0.1, 0.15) is 31.2 Å². The number of benzene rings is 1. The molecule has 0 bridgehead atoms. The normalized spacial score (nSPS) is 17.8. The van der Waals surface area contributed by atoms with Gasteiger partial charge in [0.1, 0.15) is 0 Å². The summed E-state index contributed by atoms with van der Waals surface area (Å²) < 4.78 is 6.06. The number of rotatable bonds is 7. The smallest absolute Gasteiger partial charge is 0.0699 e. The molecule has 1 aromatic carbocycles. The lowest BCUT2D eigenvalue weighted by atomic mass is 9.77. The molecule has 0 aliphatic heterocycles. The van der Waals surface area contributed by atoms with Crippen LogP contribution in [0.4, 0.5) is 0 Å². The van der Waals surface area contributed by atoms with Gasteiger partial charge in [0.05, 0.1) is 12.2 Å². The average molecular weight is 245 g/mol. The van der Waals surface area contributed by atoms with Gasteiger partial charge in [0.25, 0.3) is 0 Å². The number of hydrogen-bond acceptors (Lipinski definition) is 2. The predicted molar refractivity (Wildman–Crippen MR) is 76.6 cm³/mol. The van der Waals surface area contributed by atoms with E-state index in [1.54, 1.807) is 0 Å². The Labute approximate surface area is 110 Å². The number of hydrogen-bond donors (Lipinski definition) is 1. The molecule has 0 amide bonds. The minimum Gasteiger partial charge on any atom is -0.371 e. The molecule has 0 aromatic heterocycles. The zero-order chi connectivity index (χ0) is 12.7. The molecular weight excluding hydrogens is 222 g/mol. The Bertz CT molecular complexity index is 368. The highest BCUT2D eigenvalue weighted by Crippen LogP contribution is 2.38. The van der Waals surface area contributed by atoms with E-state index in [0.29, 0.717) is 0 Å². The molecule has 0 atom stereocenters. The maximum atomic E-state index is 6.06. The Morgan fingerprint density at radius 3 is 2.67 bits per heavy atom. The Morgan fingerprint density at radius 1 is 1.28 bits per heavy atom. The van der Waals surface area contributed by atoms with Crippen molar-refractivity contribution in [2.75, 3.05) is 20.2 Å². The van der Waals surface area contributed by atoms with Gasteiger partial charge in [0.15, 0.2) is 0 Å². The first-order chi connectivity index (χ1) is 8.85. The Kier molecular flexibility index (Phi) is 4.97. The molecule has 1 saturated carbocycles. The van der Waals surface area contributed by atoms with Gasteiger partial charge >= 0.3 is 0 Å². The summed E-state index contributed by atoms with van der Waals surface area (Å²) in [6.07, 6.45) is 9.12. The molecule has 0 heterocycles. The SMILES string of the molecule is CNCCC1(OC/C=C/c2ccccc2)CCC1. The van der Waals surface area contributed by atoms with Crippen molar-refractivity contribution >= 4 is 6.08 Å². The van der Waals surface area contributed by atoms with Crippen LogP contribution in [-0.2, 0) is 4.74 Å². The molecule has 1 aliphatic rings. The van der Waals surface area contributed by atoms with Crippen LogP contribution in [-0.4, -0.2) is 25.8 Å². The van der Waals surface area contributed by atoms with E-state index in [4.69, 9.17) is 4.74 Å². The first-order valence-corrected chi connectivity index (χ1v) is 6.85. The summed E-state index contributed by atoms with van der Waals surface area (Å²) in [7, 11) is 2.00. The number of ether oxygens (including phenoxy) is 1. The van der Waals surface area contributed by atoms with Crippen molar-refractivity contribution in [3.05, 3.63) is 42.0 Å². The molecule has 1 aliphatic carbocycles. The predicted octanol–water partition coefficient (Wildman–Crippen LogP) is 3.25. The fourth-order valence-electron chi connectivity index (χ4n) is 2.36. The zero-order valence-electron chi connectivity index (χ0n) is 11.2. The largest absolute Gasteiger partial charge is 0.371 e. The Balaban J connectivity index is 1.75. The van der Waals surface area contributed by atoms with E-state index in [9.17, 15) is 0 Å². The molecule has 98 valence electrons. The maximum absolute atomic E-state index is 6.06. The first kappa shape index (κ1) is 13.3. The summed E-state index contributed by atoms with van der Waals surface area (Å²) in [4.78, 5) is 0. The van der Waals surface area contributed by atoms with Crippen LogP contribution in [0.15, 0.2) is 36.4 Å². The van der Waals surface area contributed by atoms with Gasteiger partial charge in [0, 0.05) is 0 Å². The molecule has 0 radical (unpaired) electrons. The highest BCUT2D eigenvalue weighted by atomic mass is 16.5. The third-order valence-electron chi connectivity index (χ3n) is 3.69. The minimum atomic E-state index is 0.157. The third-order valence-corrected chi connectivity index (χ3v) is 3.69. The van der Waals surface area contributed by atoms with Crippen LogP contribution >= 0.6 is 0 Å². The van der Waals surface area contributed by atoms with Crippen LogP contribution < -0.4 is 5.32 Å². The van der Waals surface area contributed by atoms with Gasteiger partial charge in [-0.15, -0.1) is 0 Å². The van der Waals surface area contributed by atoms with Gasteiger partial charge < -0.3 is 10.1 Å². The van der Waals surface area contributed by atoms with Gasteiger partial charge in [-0.1, -0.05) is 42.5 Å². The molecule has 18 heavy (non-hydrogen) atoms. The molecule has 1 aromatic rings. The van der Waals surface area contributed by atoms with Crippen LogP contribution in [0.25, 0.3) is 6.08 Å². The Morgan fingerprint density at radius 2 is 2.06 bits per heavy atom. The summed E-state index contributed by atoms with van der Waals surface area (Å²) >= 11 is 0. The summed E-state index contributed by atoms with van der Waals surface area (Å²) in [6.45, 7) is 1.76. The van der Waals surface area contributed by atoms with Crippen LogP contribution in [0.5, 0.6) is 0 Å². The average Bonchev–Trinajstić information content (AvgIpc) is 2.37. The molecule has 0 spiro atoms. The van der Waals surface area contributed by atoms with Gasteiger partial charge in [-0.3, -0.25) is 0 Å². The lowest BCUT2D eigenvalue weighted by molar-refractivity contribution is -0.0926. The standard InChI is InChI=1S/C16H23NO/c1-17-13-12-16(10-6-11-16)18-14-5-9-15-7-3-2-4-8-15/h2-5,7-9,17H,6,10-14H2,1H3/b9-5+. The van der Waals surface area contributed by atoms with E-state index in [-0.39, 0.29) is 5.60 Å². The second-order valence-electron chi connectivity index (χ2n) is 5.01. The number of nitrogens with one attached hydrogen (secondary N) is 1. The molecule has 0 saturated heterocycles. The van der Waals surface area contributed by atoms with E-state index < -0.39 is 0 Å². The van der Waals surface area contributed by atoms with Gasteiger partial charge in [-0.25, -0.2) is 0 Å². The summed E-state index contributed by atoms with van der Waals surface area (Å²) in [5.41, 5.74) is 1.39. The third kappa shape index (κ3) is 3.69. The van der Waals surface area contributed by atoms with Crippen molar-refractivity contribution in [2.24, 2.45) is 0 Å². The monoisotopic (exact) mass is 245 g/mol. The summed E-state index contributed by atoms with van der Waals surface area (Å²) in [6, 6.07) is 10.4. The molecule has 1 fully saturated rings. The van der Waals surface area contributed by atoms with Crippen molar-refractivity contribution in [1.29, 1.82) is 0 Å². The second kappa shape index (κ2) is 6.72. The van der Waals surface area contributed by atoms with Crippen LogP contribution in [0, 0.1) is 0 Å². The molecule has 2 nitrogen and oxygen atoms in total. The fraction of sp³-hybridized carbons (Fsp3) is 0.500. The van der Waals surface area contributed by atoms with E-state index >= 15 is 0 Å². The van der Waals surface area contributed by atoms with E-state index in [2.05, 4.69) is 41.7 Å². The Hall–Kier alpha value is -1.12. The van der Waals surface area contributed by atoms with Crippen LogP contribution in [0.2, 0.25) is 0 Å². The van der Waals surface area contributed by atoms with Gasteiger partial charge in [-0.05, 0) is 44.8 Å². The van der Waals surface area contributed by atoms with Crippen molar-refractivity contribution < 1.29 is 4.74 Å². The molecule has 2 rings (SSSR count). The van der Waals surface area contributed by atoms with E-state index in [1.165, 1.54) is 24.8 Å². The molecule has 0 unspecified atom stereocenters. The van der Waals surface area contributed by atoms with E-state index in [1.807, 2.05) is 13.1 Å². The highest BCUT2D eigenvalue weighted by Gasteiger charge is 2.36. The minimum absolute atomic E-state index is 0.157. The fourth-order valence-corrected chi connectivity index (χ4v) is 2.36. The first-order valence-electron chi connectivity index (χ1n) is 6.85. The summed E-state index contributed by atoms with van der Waals surface area (Å²) in [5.74, 6) is 0. The lowest BCUT2D eigenvalue weighted by Crippen LogP contribution is -2.42. The molecule has 2 heteroatoms. The molecular formula is C16H23NO. The maximum Gasteiger partial charge on any atom is 0.0699 e. The van der Waals surface area contributed by atoms with Crippen LogP contribution in [0.3, 0.4) is 0 Å². The topological polar surface area (TPSA) is 21.3 Å². The quantitative estimate of drug-likeness (QED) is 0.796. The zero-order valence-corrected chi connectivity index (χ0v) is 11.2. The summed E-state index contributed by atoms with van der Waals surface area (Å²) in [5, 5.41) is 3.21. The van der Waals surface area contributed by atoms with Crippen molar-refractivity contribution in [3.8, 4) is 0 Å². The van der Waals surface area contributed by atoms with Crippen molar-refractivity contribution in [1.82, 2.24) is 5.32 Å². The van der Waals surface area contributed by atoms with Crippen molar-refractivity contribution in [2.45, 2.75) is 31.3 Å². The molecule has 1 N–H and O–H groups in total. The highest BCUT2D eigenvalue weighted by molar-refractivity contribution is 5.48. The lowest BCUT2D eigenvalue weighted by Gasteiger charge is -2.41.